The van der Waals surface area contributed by atoms with Crippen LogP contribution in [0.5, 0.6) is 0 Å². The van der Waals surface area contributed by atoms with Crippen LogP contribution < -0.4 is 5.73 Å². The maximum Gasteiger partial charge on any atom is 0.451 e. The summed E-state index contributed by atoms with van der Waals surface area (Å²) in [5.41, 5.74) is 7.24. The molecule has 1 aromatic carbocycles. The largest absolute Gasteiger partial charge is 0.451 e. The predicted molar refractivity (Wildman–Crippen MR) is 100 cm³/mol. The van der Waals surface area contributed by atoms with E-state index in [1.54, 1.807) is 6.07 Å². The molecule has 1 atom stereocenters. The second-order valence-corrected chi connectivity index (χ2v) is 7.06. The molecular formula is C17H28BCl2NO2. The van der Waals surface area contributed by atoms with Gasteiger partial charge in [-0.2, -0.15) is 0 Å². The third-order valence-electron chi connectivity index (χ3n) is 4.07. The second kappa shape index (κ2) is 12.2. The van der Waals surface area contributed by atoms with Gasteiger partial charge in [-0.15, -0.1) is 0 Å². The quantitative estimate of drug-likeness (QED) is 0.381. The predicted octanol–water partition coefficient (Wildman–Crippen LogP) is 4.46. The summed E-state index contributed by atoms with van der Waals surface area (Å²) in [6.45, 7) is 0. The van der Waals surface area contributed by atoms with Gasteiger partial charge in [-0.1, -0.05) is 61.4 Å². The van der Waals surface area contributed by atoms with Crippen LogP contribution in [-0.4, -0.2) is 23.2 Å². The van der Waals surface area contributed by atoms with Crippen molar-refractivity contribution in [1.82, 2.24) is 0 Å². The minimum absolute atomic E-state index is 0.233. The van der Waals surface area contributed by atoms with Gasteiger partial charge in [0.25, 0.3) is 0 Å². The Morgan fingerprint density at radius 2 is 1.61 bits per heavy atom. The molecule has 0 saturated carbocycles. The highest BCUT2D eigenvalue weighted by atomic mass is 35.5. The Balaban J connectivity index is 2.00. The van der Waals surface area contributed by atoms with E-state index < -0.39 is 7.12 Å². The van der Waals surface area contributed by atoms with Gasteiger partial charge in [0.15, 0.2) is 0 Å². The molecule has 0 aliphatic rings. The molecule has 0 aliphatic heterocycles. The zero-order valence-electron chi connectivity index (χ0n) is 13.7. The van der Waals surface area contributed by atoms with Crippen LogP contribution in [0.1, 0.15) is 56.9 Å². The summed E-state index contributed by atoms with van der Waals surface area (Å²) >= 11 is 12.0. The Morgan fingerprint density at radius 1 is 0.957 bits per heavy atom. The first kappa shape index (κ1) is 20.8. The fraction of sp³-hybridized carbons (Fsp3) is 0.647. The lowest BCUT2D eigenvalue weighted by atomic mass is 9.83. The van der Waals surface area contributed by atoms with Crippen LogP contribution in [0.3, 0.4) is 0 Å². The first-order valence-electron chi connectivity index (χ1n) is 8.54. The number of hydrogen-bond donors (Lipinski definition) is 3. The molecule has 1 rings (SSSR count). The van der Waals surface area contributed by atoms with E-state index in [1.807, 2.05) is 12.1 Å². The van der Waals surface area contributed by atoms with E-state index in [2.05, 4.69) is 0 Å². The maximum absolute atomic E-state index is 8.76. The Labute approximate surface area is 150 Å². The monoisotopic (exact) mass is 359 g/mol. The van der Waals surface area contributed by atoms with E-state index in [4.69, 9.17) is 39.0 Å². The van der Waals surface area contributed by atoms with E-state index in [9.17, 15) is 0 Å². The molecule has 6 heteroatoms. The highest BCUT2D eigenvalue weighted by Gasteiger charge is 2.07. The molecule has 0 aromatic heterocycles. The zero-order valence-corrected chi connectivity index (χ0v) is 15.2. The van der Waals surface area contributed by atoms with Crippen molar-refractivity contribution >= 4 is 30.3 Å². The van der Waals surface area contributed by atoms with Gasteiger partial charge >= 0.3 is 7.12 Å². The van der Waals surface area contributed by atoms with Crippen molar-refractivity contribution < 1.29 is 10.0 Å². The van der Waals surface area contributed by atoms with Gasteiger partial charge in [0.1, 0.15) is 0 Å². The topological polar surface area (TPSA) is 66.5 Å². The molecule has 0 spiro atoms. The Morgan fingerprint density at radius 3 is 2.26 bits per heavy atom. The Bertz CT molecular complexity index is 447. The van der Waals surface area contributed by atoms with Crippen LogP contribution >= 0.6 is 23.2 Å². The van der Waals surface area contributed by atoms with Gasteiger partial charge in [-0.3, -0.25) is 0 Å². The van der Waals surface area contributed by atoms with Crippen molar-refractivity contribution in [3.05, 3.63) is 33.8 Å². The van der Waals surface area contributed by atoms with Gasteiger partial charge in [0.05, 0.1) is 0 Å². The van der Waals surface area contributed by atoms with Crippen LogP contribution in [0.2, 0.25) is 16.4 Å². The van der Waals surface area contributed by atoms with Crippen molar-refractivity contribution in [2.75, 3.05) is 0 Å². The summed E-state index contributed by atoms with van der Waals surface area (Å²) in [5, 5.41) is 19.0. The summed E-state index contributed by atoms with van der Waals surface area (Å²) in [7, 11) is -1.18. The molecule has 0 amide bonds. The average molecular weight is 360 g/mol. The summed E-state index contributed by atoms with van der Waals surface area (Å²) in [6, 6.07) is 5.92. The minimum Gasteiger partial charge on any atom is -0.427 e. The normalized spacial score (nSPS) is 12.4. The van der Waals surface area contributed by atoms with Crippen LogP contribution in [0.15, 0.2) is 18.2 Å². The van der Waals surface area contributed by atoms with Crippen LogP contribution in [-0.2, 0) is 6.42 Å². The van der Waals surface area contributed by atoms with Gasteiger partial charge < -0.3 is 15.8 Å². The molecule has 0 aliphatic carbocycles. The van der Waals surface area contributed by atoms with E-state index in [1.165, 1.54) is 18.4 Å². The zero-order chi connectivity index (χ0) is 17.1. The summed E-state index contributed by atoms with van der Waals surface area (Å²) in [6.07, 6.45) is 9.89. The fourth-order valence-electron chi connectivity index (χ4n) is 2.68. The summed E-state index contributed by atoms with van der Waals surface area (Å²) < 4.78 is 0. The number of nitrogens with two attached hydrogens (primary N) is 1. The minimum atomic E-state index is -1.18. The Hall–Kier alpha value is -0.255. The lowest BCUT2D eigenvalue weighted by Crippen LogP contribution is -2.19. The van der Waals surface area contributed by atoms with Gasteiger partial charge in [0.2, 0.25) is 0 Å². The standard InChI is InChI=1S/C17H28BCl2NO2/c19-15-11-10-14(17(20)13-15)7-3-1-2-4-8-16(21)9-5-6-12-18(22)23/h10-11,13,16,22-23H,1-9,12,21H2. The van der Waals surface area contributed by atoms with Crippen molar-refractivity contribution in [3.8, 4) is 0 Å². The molecule has 1 aromatic rings. The first-order chi connectivity index (χ1) is 11.0. The van der Waals surface area contributed by atoms with E-state index >= 15 is 0 Å². The number of rotatable bonds is 12. The third kappa shape index (κ3) is 10.3. The van der Waals surface area contributed by atoms with Crippen molar-refractivity contribution in [3.63, 3.8) is 0 Å². The van der Waals surface area contributed by atoms with Crippen molar-refractivity contribution in [2.24, 2.45) is 5.73 Å². The lowest BCUT2D eigenvalue weighted by molar-refractivity contribution is 0.400. The number of aryl methyl sites for hydroxylation is 1. The second-order valence-electron chi connectivity index (χ2n) is 6.21. The number of hydrogen-bond acceptors (Lipinski definition) is 3. The molecule has 4 N–H and O–H groups in total. The summed E-state index contributed by atoms with van der Waals surface area (Å²) in [5.74, 6) is 0. The van der Waals surface area contributed by atoms with E-state index in [-0.39, 0.29) is 6.04 Å². The van der Waals surface area contributed by atoms with Crippen LogP contribution in [0.4, 0.5) is 0 Å². The molecular weight excluding hydrogens is 332 g/mol. The van der Waals surface area contributed by atoms with Crippen molar-refractivity contribution in [2.45, 2.75) is 70.1 Å². The molecule has 0 heterocycles. The van der Waals surface area contributed by atoms with Gasteiger partial charge in [-0.05, 0) is 49.7 Å². The van der Waals surface area contributed by atoms with Gasteiger partial charge in [0, 0.05) is 16.1 Å². The lowest BCUT2D eigenvalue weighted by Gasteiger charge is -2.11. The van der Waals surface area contributed by atoms with Crippen molar-refractivity contribution in [1.29, 1.82) is 0 Å². The average Bonchev–Trinajstić information content (AvgIpc) is 2.49. The molecule has 1 unspecified atom stereocenters. The number of benzene rings is 1. The smallest absolute Gasteiger partial charge is 0.427 e. The number of halogens is 2. The van der Waals surface area contributed by atoms with E-state index in [0.717, 1.165) is 50.0 Å². The summed E-state index contributed by atoms with van der Waals surface area (Å²) in [4.78, 5) is 0. The maximum atomic E-state index is 8.76. The highest BCUT2D eigenvalue weighted by molar-refractivity contribution is 6.40. The molecule has 0 fully saturated rings. The molecule has 23 heavy (non-hydrogen) atoms. The van der Waals surface area contributed by atoms with E-state index in [0.29, 0.717) is 11.3 Å². The fourth-order valence-corrected chi connectivity index (χ4v) is 3.18. The van der Waals surface area contributed by atoms with Gasteiger partial charge in [-0.25, -0.2) is 0 Å². The SMILES string of the molecule is NC(CCCCCCc1ccc(Cl)cc1Cl)CCCCB(O)O. The molecule has 3 nitrogen and oxygen atoms in total. The highest BCUT2D eigenvalue weighted by Crippen LogP contribution is 2.23. The van der Waals surface area contributed by atoms with Crippen LogP contribution in [0, 0.1) is 0 Å². The van der Waals surface area contributed by atoms with Crippen LogP contribution in [0.25, 0.3) is 0 Å². The molecule has 0 radical (unpaired) electrons. The third-order valence-corrected chi connectivity index (χ3v) is 4.66. The molecule has 0 saturated heterocycles. The first-order valence-corrected chi connectivity index (χ1v) is 9.30. The molecule has 0 bridgehead atoms. The Kier molecular flexibility index (Phi) is 11.0. The number of unbranched alkanes of at least 4 members (excludes halogenated alkanes) is 4. The molecule has 130 valence electrons.